The zero-order valence-electron chi connectivity index (χ0n) is 16.1. The van der Waals surface area contributed by atoms with Crippen molar-refractivity contribution in [2.24, 2.45) is 5.92 Å². The van der Waals surface area contributed by atoms with Gasteiger partial charge in [-0.15, -0.1) is 0 Å². The first kappa shape index (κ1) is 20.9. The molecule has 0 aliphatic carbocycles. The van der Waals surface area contributed by atoms with E-state index in [0.29, 0.717) is 12.5 Å². The van der Waals surface area contributed by atoms with E-state index in [-0.39, 0.29) is 22.8 Å². The molecule has 0 aromatic heterocycles. The number of rotatable bonds is 7. The molecule has 0 spiro atoms. The van der Waals surface area contributed by atoms with Crippen LogP contribution in [0, 0.1) is 12.8 Å². The number of hydrogen-bond donors (Lipinski definition) is 3. The number of amides is 1. The third kappa shape index (κ3) is 6.07. The Bertz CT molecular complexity index is 701. The molecular weight excluding hydrogens is 350 g/mol. The van der Waals surface area contributed by atoms with E-state index in [1.807, 2.05) is 20.8 Å². The van der Waals surface area contributed by atoms with Crippen molar-refractivity contribution in [3.63, 3.8) is 0 Å². The van der Waals surface area contributed by atoms with Crippen LogP contribution in [0.4, 0.5) is 0 Å². The number of sulfonamides is 1. The molecule has 2 rings (SSSR count). The van der Waals surface area contributed by atoms with Gasteiger partial charge in [0.25, 0.3) is 0 Å². The summed E-state index contributed by atoms with van der Waals surface area (Å²) in [5, 5.41) is 6.38. The molecule has 0 bridgehead atoms. The van der Waals surface area contributed by atoms with Crippen LogP contribution in [0.1, 0.15) is 45.6 Å². The summed E-state index contributed by atoms with van der Waals surface area (Å²) in [6.45, 7) is 8.80. The van der Waals surface area contributed by atoms with Crippen LogP contribution in [0.15, 0.2) is 29.2 Å². The number of aryl methyl sites for hydroxylation is 1. The topological polar surface area (TPSA) is 87.3 Å². The summed E-state index contributed by atoms with van der Waals surface area (Å²) >= 11 is 0. The first-order valence-electron chi connectivity index (χ1n) is 9.30. The highest BCUT2D eigenvalue weighted by Crippen LogP contribution is 2.15. The number of carbonyl (C=O) groups is 1. The number of nitrogens with one attached hydrogen (secondary N) is 3. The summed E-state index contributed by atoms with van der Waals surface area (Å²) in [5.74, 6) is -0.0492. The predicted molar refractivity (Wildman–Crippen MR) is 103 cm³/mol. The normalized spacial score (nSPS) is 22.2. The van der Waals surface area contributed by atoms with Gasteiger partial charge in [0, 0.05) is 12.1 Å². The lowest BCUT2D eigenvalue weighted by molar-refractivity contribution is -0.124. The van der Waals surface area contributed by atoms with Gasteiger partial charge in [-0.2, -0.15) is 4.72 Å². The van der Waals surface area contributed by atoms with Crippen molar-refractivity contribution in [1.82, 2.24) is 15.4 Å². The summed E-state index contributed by atoms with van der Waals surface area (Å²) in [4.78, 5) is 12.9. The minimum atomic E-state index is -3.74. The van der Waals surface area contributed by atoms with Gasteiger partial charge in [0.15, 0.2) is 0 Å². The molecule has 1 aromatic rings. The van der Waals surface area contributed by atoms with Crippen molar-refractivity contribution in [2.75, 3.05) is 6.54 Å². The van der Waals surface area contributed by atoms with Gasteiger partial charge in [-0.1, -0.05) is 31.5 Å². The van der Waals surface area contributed by atoms with Gasteiger partial charge in [0.05, 0.1) is 4.90 Å². The SMILES string of the molecule is Cc1ccc(S(=O)(=O)NC(CC(C)C)C(=O)NC2CCNC(C)C2)cc1. The second-order valence-electron chi connectivity index (χ2n) is 7.70. The molecule has 6 nitrogen and oxygen atoms in total. The van der Waals surface area contributed by atoms with Crippen molar-refractivity contribution in [1.29, 1.82) is 0 Å². The van der Waals surface area contributed by atoms with Crippen LogP contribution in [0.3, 0.4) is 0 Å². The lowest BCUT2D eigenvalue weighted by atomic mass is 9.99. The lowest BCUT2D eigenvalue weighted by Gasteiger charge is -2.30. The molecule has 1 aliphatic rings. The first-order valence-corrected chi connectivity index (χ1v) is 10.8. The van der Waals surface area contributed by atoms with Gasteiger partial charge < -0.3 is 10.6 Å². The zero-order chi connectivity index (χ0) is 19.3. The molecule has 1 heterocycles. The van der Waals surface area contributed by atoms with Gasteiger partial charge in [-0.05, 0) is 57.7 Å². The third-order valence-corrected chi connectivity index (χ3v) is 6.11. The molecule has 7 heteroatoms. The second-order valence-corrected chi connectivity index (χ2v) is 9.42. The minimum absolute atomic E-state index is 0.0808. The van der Waals surface area contributed by atoms with E-state index in [0.717, 1.165) is 24.9 Å². The van der Waals surface area contributed by atoms with Crippen molar-refractivity contribution < 1.29 is 13.2 Å². The summed E-state index contributed by atoms with van der Waals surface area (Å²) in [6, 6.07) is 6.29. The van der Waals surface area contributed by atoms with E-state index in [2.05, 4.69) is 22.3 Å². The highest BCUT2D eigenvalue weighted by Gasteiger charge is 2.29. The van der Waals surface area contributed by atoms with E-state index >= 15 is 0 Å². The fourth-order valence-electron chi connectivity index (χ4n) is 3.22. The number of piperidine rings is 1. The number of hydrogen-bond acceptors (Lipinski definition) is 4. The quantitative estimate of drug-likeness (QED) is 0.674. The maximum absolute atomic E-state index is 12.8. The van der Waals surface area contributed by atoms with Crippen molar-refractivity contribution in [3.05, 3.63) is 29.8 Å². The molecule has 146 valence electrons. The third-order valence-electron chi connectivity index (χ3n) is 4.62. The van der Waals surface area contributed by atoms with Crippen molar-refractivity contribution in [2.45, 2.75) is 70.0 Å². The zero-order valence-corrected chi connectivity index (χ0v) is 16.9. The summed E-state index contributed by atoms with van der Waals surface area (Å²) in [5.41, 5.74) is 0.987. The molecular formula is C19H31N3O3S. The molecule has 26 heavy (non-hydrogen) atoms. The van der Waals surface area contributed by atoms with Crippen LogP contribution in [0.5, 0.6) is 0 Å². The minimum Gasteiger partial charge on any atom is -0.352 e. The molecule has 3 N–H and O–H groups in total. The molecule has 3 unspecified atom stereocenters. The van der Waals surface area contributed by atoms with Gasteiger partial charge in [0.1, 0.15) is 6.04 Å². The molecule has 1 aliphatic heterocycles. The predicted octanol–water partition coefficient (Wildman–Crippen LogP) is 1.94. The van der Waals surface area contributed by atoms with Crippen LogP contribution < -0.4 is 15.4 Å². The second kappa shape index (κ2) is 8.97. The number of benzene rings is 1. The van der Waals surface area contributed by atoms with Crippen LogP contribution in [-0.4, -0.2) is 39.0 Å². The Hall–Kier alpha value is -1.44. The molecule has 1 saturated heterocycles. The monoisotopic (exact) mass is 381 g/mol. The molecule has 1 amide bonds. The smallest absolute Gasteiger partial charge is 0.241 e. The van der Waals surface area contributed by atoms with E-state index in [4.69, 9.17) is 0 Å². The fourth-order valence-corrected chi connectivity index (χ4v) is 4.43. The Morgan fingerprint density at radius 3 is 2.50 bits per heavy atom. The fraction of sp³-hybridized carbons (Fsp3) is 0.632. The van der Waals surface area contributed by atoms with Gasteiger partial charge in [-0.3, -0.25) is 4.79 Å². The highest BCUT2D eigenvalue weighted by atomic mass is 32.2. The molecule has 1 aromatic carbocycles. The first-order chi connectivity index (χ1) is 12.2. The molecule has 0 saturated carbocycles. The summed E-state index contributed by atoms with van der Waals surface area (Å²) in [6.07, 6.45) is 2.16. The van der Waals surface area contributed by atoms with Crippen molar-refractivity contribution in [3.8, 4) is 0 Å². The lowest BCUT2D eigenvalue weighted by Crippen LogP contribution is -2.53. The van der Waals surface area contributed by atoms with Crippen LogP contribution in [-0.2, 0) is 14.8 Å². The van der Waals surface area contributed by atoms with E-state index in [1.165, 1.54) is 0 Å². The maximum Gasteiger partial charge on any atom is 0.241 e. The standard InChI is InChI=1S/C19H31N3O3S/c1-13(2)11-18(19(23)21-16-9-10-20-15(4)12-16)22-26(24,25)17-7-5-14(3)6-8-17/h5-8,13,15-16,18,20,22H,9-12H2,1-4H3,(H,21,23). The van der Waals surface area contributed by atoms with Crippen LogP contribution >= 0.6 is 0 Å². The Morgan fingerprint density at radius 1 is 1.27 bits per heavy atom. The Labute approximate surface area is 157 Å². The van der Waals surface area contributed by atoms with E-state index < -0.39 is 16.1 Å². The van der Waals surface area contributed by atoms with Crippen LogP contribution in [0.25, 0.3) is 0 Å². The Morgan fingerprint density at radius 2 is 1.92 bits per heavy atom. The highest BCUT2D eigenvalue weighted by molar-refractivity contribution is 7.89. The van der Waals surface area contributed by atoms with Gasteiger partial charge >= 0.3 is 0 Å². The molecule has 1 fully saturated rings. The Kier molecular flexibility index (Phi) is 7.20. The largest absolute Gasteiger partial charge is 0.352 e. The van der Waals surface area contributed by atoms with Crippen LogP contribution in [0.2, 0.25) is 0 Å². The number of carbonyl (C=O) groups excluding carboxylic acids is 1. The van der Waals surface area contributed by atoms with Gasteiger partial charge in [0.2, 0.25) is 15.9 Å². The van der Waals surface area contributed by atoms with E-state index in [1.54, 1.807) is 24.3 Å². The average molecular weight is 382 g/mol. The summed E-state index contributed by atoms with van der Waals surface area (Å²) < 4.78 is 28.0. The van der Waals surface area contributed by atoms with Crippen molar-refractivity contribution >= 4 is 15.9 Å². The summed E-state index contributed by atoms with van der Waals surface area (Å²) in [7, 11) is -3.74. The Balaban J connectivity index is 2.10. The van der Waals surface area contributed by atoms with Gasteiger partial charge in [-0.25, -0.2) is 8.42 Å². The molecule has 0 radical (unpaired) electrons. The maximum atomic E-state index is 12.8. The van der Waals surface area contributed by atoms with E-state index in [9.17, 15) is 13.2 Å². The average Bonchev–Trinajstić information content (AvgIpc) is 2.54. The molecule has 3 atom stereocenters.